The number of anilines is 3. The maximum atomic E-state index is 13.4. The van der Waals surface area contributed by atoms with Crippen LogP contribution in [-0.4, -0.2) is 67.5 Å². The molecule has 6 rings (SSSR count). The van der Waals surface area contributed by atoms with Crippen LogP contribution in [0.1, 0.15) is 30.4 Å². The molecule has 0 spiro atoms. The van der Waals surface area contributed by atoms with Gasteiger partial charge >= 0.3 is 0 Å². The molecule has 37 heavy (non-hydrogen) atoms. The van der Waals surface area contributed by atoms with E-state index in [1.807, 2.05) is 17.0 Å². The highest BCUT2D eigenvalue weighted by Crippen LogP contribution is 2.30. The number of rotatable bonds is 4. The zero-order chi connectivity index (χ0) is 25.5. The molecule has 0 N–H and O–H groups in total. The maximum absolute atomic E-state index is 13.4. The minimum absolute atomic E-state index is 0.0390. The van der Waals surface area contributed by atoms with Gasteiger partial charge in [-0.2, -0.15) is 0 Å². The van der Waals surface area contributed by atoms with E-state index in [-0.39, 0.29) is 24.2 Å². The number of aryl methyl sites for hydroxylation is 2. The maximum Gasteiger partial charge on any atom is 0.228 e. The summed E-state index contributed by atoms with van der Waals surface area (Å²) in [6, 6.07) is 16.7. The summed E-state index contributed by atoms with van der Waals surface area (Å²) in [5.41, 5.74) is 5.55. The lowest BCUT2D eigenvalue weighted by molar-refractivity contribution is -0.136. The van der Waals surface area contributed by atoms with Crippen LogP contribution in [0, 0.1) is 19.8 Å². The summed E-state index contributed by atoms with van der Waals surface area (Å²) in [5, 5.41) is 1.19. The summed E-state index contributed by atoms with van der Waals surface area (Å²) in [6.07, 6.45) is 2.77. The number of carbonyl (C=O) groups is 2. The van der Waals surface area contributed by atoms with Crippen LogP contribution >= 0.6 is 0 Å². The molecule has 192 valence electrons. The molecular formula is C30H35N5O2. The van der Waals surface area contributed by atoms with Crippen LogP contribution in [0.25, 0.3) is 10.9 Å². The molecule has 3 fully saturated rings. The topological polar surface area (TPSA) is 60.0 Å². The lowest BCUT2D eigenvalue weighted by Crippen LogP contribution is -2.51. The Morgan fingerprint density at radius 2 is 1.54 bits per heavy atom. The third kappa shape index (κ3) is 4.52. The third-order valence-electron chi connectivity index (χ3n) is 8.26. The van der Waals surface area contributed by atoms with Crippen LogP contribution in [0.5, 0.6) is 0 Å². The van der Waals surface area contributed by atoms with Gasteiger partial charge in [-0.05, 0) is 68.1 Å². The van der Waals surface area contributed by atoms with Crippen LogP contribution in [0.4, 0.5) is 17.2 Å². The average Bonchev–Trinajstić information content (AvgIpc) is 3.59. The molecule has 7 heteroatoms. The molecule has 3 aliphatic rings. The van der Waals surface area contributed by atoms with Crippen molar-refractivity contribution in [2.75, 3.05) is 60.5 Å². The van der Waals surface area contributed by atoms with Gasteiger partial charge in [-0.3, -0.25) is 9.59 Å². The Bertz CT molecular complexity index is 1320. The van der Waals surface area contributed by atoms with E-state index in [2.05, 4.69) is 60.0 Å². The van der Waals surface area contributed by atoms with Gasteiger partial charge in [-0.15, -0.1) is 0 Å². The van der Waals surface area contributed by atoms with Crippen molar-refractivity contribution in [3.63, 3.8) is 0 Å². The van der Waals surface area contributed by atoms with Crippen molar-refractivity contribution in [3.8, 4) is 0 Å². The first-order valence-electron chi connectivity index (χ1n) is 13.5. The number of hydrogen-bond donors (Lipinski definition) is 0. The van der Waals surface area contributed by atoms with Gasteiger partial charge in [-0.1, -0.05) is 18.2 Å². The summed E-state index contributed by atoms with van der Waals surface area (Å²) >= 11 is 0. The predicted octanol–water partition coefficient (Wildman–Crippen LogP) is 4.15. The minimum Gasteiger partial charge on any atom is -0.372 e. The summed E-state index contributed by atoms with van der Waals surface area (Å²) < 4.78 is 0. The molecule has 4 heterocycles. The highest BCUT2D eigenvalue weighted by molar-refractivity contribution is 6.00. The molecule has 0 aliphatic carbocycles. The van der Waals surface area contributed by atoms with Gasteiger partial charge < -0.3 is 19.6 Å². The Labute approximate surface area is 218 Å². The molecule has 0 saturated carbocycles. The van der Waals surface area contributed by atoms with E-state index < -0.39 is 0 Å². The monoisotopic (exact) mass is 497 g/mol. The number of fused-ring (bicyclic) bond motifs is 1. The number of carbonyl (C=O) groups excluding carboxylic acids is 2. The Balaban J connectivity index is 1.08. The molecule has 7 nitrogen and oxygen atoms in total. The second-order valence-corrected chi connectivity index (χ2v) is 10.7. The number of hydrogen-bond acceptors (Lipinski definition) is 5. The SMILES string of the molecule is Cc1cc(N2CCN(C(=O)C3CC(=O)N(c4ccc(N5CCCC5)cc4)C3)CC2)nc2c(C)cccc12. The summed E-state index contributed by atoms with van der Waals surface area (Å²) in [4.78, 5) is 39.6. The zero-order valence-corrected chi connectivity index (χ0v) is 21.8. The van der Waals surface area contributed by atoms with Crippen LogP contribution in [0.2, 0.25) is 0 Å². The Hall–Kier alpha value is -3.61. The van der Waals surface area contributed by atoms with Gasteiger partial charge in [0, 0.05) is 69.0 Å². The quantitative estimate of drug-likeness (QED) is 0.542. The van der Waals surface area contributed by atoms with Gasteiger partial charge in [0.25, 0.3) is 0 Å². The predicted molar refractivity (Wildman–Crippen MR) is 148 cm³/mol. The fraction of sp³-hybridized carbons (Fsp3) is 0.433. The van der Waals surface area contributed by atoms with Crippen molar-refractivity contribution in [1.82, 2.24) is 9.88 Å². The van der Waals surface area contributed by atoms with Crippen LogP contribution in [0.3, 0.4) is 0 Å². The van der Waals surface area contributed by atoms with Crippen LogP contribution in [-0.2, 0) is 9.59 Å². The summed E-state index contributed by atoms with van der Waals surface area (Å²) in [6.45, 7) is 9.70. The highest BCUT2D eigenvalue weighted by atomic mass is 16.2. The molecule has 3 saturated heterocycles. The fourth-order valence-electron chi connectivity index (χ4n) is 6.06. The lowest BCUT2D eigenvalue weighted by Gasteiger charge is -2.36. The van der Waals surface area contributed by atoms with E-state index in [4.69, 9.17) is 4.98 Å². The molecule has 1 aromatic heterocycles. The van der Waals surface area contributed by atoms with E-state index in [1.54, 1.807) is 4.90 Å². The molecular weight excluding hydrogens is 462 g/mol. The molecule has 1 unspecified atom stereocenters. The normalized spacial score (nSPS) is 20.4. The van der Waals surface area contributed by atoms with Crippen molar-refractivity contribution in [1.29, 1.82) is 0 Å². The molecule has 3 aromatic rings. The molecule has 0 bridgehead atoms. The van der Waals surface area contributed by atoms with Crippen molar-refractivity contribution in [2.24, 2.45) is 5.92 Å². The molecule has 2 aromatic carbocycles. The highest BCUT2D eigenvalue weighted by Gasteiger charge is 2.38. The third-order valence-corrected chi connectivity index (χ3v) is 8.26. The average molecular weight is 498 g/mol. The zero-order valence-electron chi connectivity index (χ0n) is 21.8. The van der Waals surface area contributed by atoms with E-state index in [0.29, 0.717) is 19.6 Å². The molecule has 1 atom stereocenters. The first kappa shape index (κ1) is 23.8. The number of para-hydroxylation sites is 1. The van der Waals surface area contributed by atoms with E-state index in [0.717, 1.165) is 43.2 Å². The van der Waals surface area contributed by atoms with Gasteiger partial charge in [0.1, 0.15) is 5.82 Å². The largest absolute Gasteiger partial charge is 0.372 e. The Kier molecular flexibility index (Phi) is 6.22. The Morgan fingerprint density at radius 1 is 0.838 bits per heavy atom. The number of nitrogens with zero attached hydrogens (tertiary/aromatic N) is 5. The van der Waals surface area contributed by atoms with Gasteiger partial charge in [-0.25, -0.2) is 4.98 Å². The molecule has 2 amide bonds. The number of amides is 2. The number of piperazine rings is 1. The van der Waals surface area contributed by atoms with Gasteiger partial charge in [0.2, 0.25) is 11.8 Å². The minimum atomic E-state index is -0.277. The van der Waals surface area contributed by atoms with Gasteiger partial charge in [0.15, 0.2) is 0 Å². The fourth-order valence-corrected chi connectivity index (χ4v) is 6.06. The number of pyridine rings is 1. The number of benzene rings is 2. The second-order valence-electron chi connectivity index (χ2n) is 10.7. The van der Waals surface area contributed by atoms with E-state index in [9.17, 15) is 9.59 Å². The van der Waals surface area contributed by atoms with Crippen LogP contribution < -0.4 is 14.7 Å². The first-order valence-corrected chi connectivity index (χ1v) is 13.5. The molecule has 3 aliphatic heterocycles. The number of aromatic nitrogens is 1. The van der Waals surface area contributed by atoms with Crippen molar-refractivity contribution in [3.05, 3.63) is 59.7 Å². The van der Waals surface area contributed by atoms with Crippen molar-refractivity contribution in [2.45, 2.75) is 33.1 Å². The van der Waals surface area contributed by atoms with Crippen molar-refractivity contribution >= 4 is 39.9 Å². The summed E-state index contributed by atoms with van der Waals surface area (Å²) in [7, 11) is 0. The first-order chi connectivity index (χ1) is 18.0. The molecule has 0 radical (unpaired) electrons. The van der Waals surface area contributed by atoms with E-state index in [1.165, 1.54) is 35.0 Å². The van der Waals surface area contributed by atoms with E-state index >= 15 is 0 Å². The summed E-state index contributed by atoms with van der Waals surface area (Å²) in [5.74, 6) is 0.840. The van der Waals surface area contributed by atoms with Crippen LogP contribution in [0.15, 0.2) is 48.5 Å². The standard InChI is InChI=1S/C30H35N5O2/c1-21-6-5-7-26-22(2)18-27(31-29(21)26)33-14-16-34(17-15-33)30(37)23-19-28(36)35(20-23)25-10-8-24(9-11-25)32-12-3-4-13-32/h5-11,18,23H,3-4,12-17,19-20H2,1-2H3. The lowest BCUT2D eigenvalue weighted by atomic mass is 10.1. The second kappa shape index (κ2) is 9.69. The smallest absolute Gasteiger partial charge is 0.228 e. The van der Waals surface area contributed by atoms with Gasteiger partial charge in [0.05, 0.1) is 11.4 Å². The Morgan fingerprint density at radius 3 is 2.27 bits per heavy atom. The van der Waals surface area contributed by atoms with Crippen molar-refractivity contribution < 1.29 is 9.59 Å².